The number of anilines is 1. The highest BCUT2D eigenvalue weighted by Crippen LogP contribution is 2.40. The van der Waals surface area contributed by atoms with E-state index in [1.54, 1.807) is 12.5 Å². The van der Waals surface area contributed by atoms with Gasteiger partial charge in [-0.15, -0.1) is 21.5 Å². The molecule has 5 rings (SSSR count). The van der Waals surface area contributed by atoms with E-state index in [0.717, 1.165) is 33.7 Å². The molecule has 1 aliphatic carbocycles. The zero-order chi connectivity index (χ0) is 19.8. The largest absolute Gasteiger partial charge is 0.467 e. The predicted octanol–water partition coefficient (Wildman–Crippen LogP) is 3.15. The number of nitrogens with zero attached hydrogens (tertiary/aromatic N) is 4. The topological polar surface area (TPSA) is 112 Å². The predicted molar refractivity (Wildman–Crippen MR) is 113 cm³/mol. The Morgan fingerprint density at radius 1 is 1.34 bits per heavy atom. The van der Waals surface area contributed by atoms with Crippen LogP contribution in [0.3, 0.4) is 0 Å². The van der Waals surface area contributed by atoms with Gasteiger partial charge in [0.1, 0.15) is 10.6 Å². The second kappa shape index (κ2) is 7.53. The van der Waals surface area contributed by atoms with Gasteiger partial charge in [0, 0.05) is 17.6 Å². The lowest BCUT2D eigenvalue weighted by atomic mass is 10.2. The molecule has 4 aromatic rings. The Balaban J connectivity index is 1.49. The second-order valence-corrected chi connectivity index (χ2v) is 8.74. The van der Waals surface area contributed by atoms with Gasteiger partial charge >= 0.3 is 0 Å². The third-order valence-corrected chi connectivity index (χ3v) is 6.69. The number of carbonyl (C=O) groups excluding carboxylic acids is 1. The van der Waals surface area contributed by atoms with Gasteiger partial charge in [-0.3, -0.25) is 9.36 Å². The van der Waals surface area contributed by atoms with Gasteiger partial charge in [-0.05, 0) is 37.1 Å². The smallest absolute Gasteiger partial charge is 0.230 e. The number of thioether (sulfide) groups is 1. The first kappa shape index (κ1) is 18.2. The Morgan fingerprint density at radius 3 is 3.00 bits per heavy atom. The van der Waals surface area contributed by atoms with Crippen LogP contribution in [-0.2, 0) is 11.3 Å². The molecular weight excluding hydrogens is 408 g/mol. The highest BCUT2D eigenvalue weighted by atomic mass is 32.2. The van der Waals surface area contributed by atoms with Crippen molar-refractivity contribution in [1.29, 1.82) is 0 Å². The van der Waals surface area contributed by atoms with E-state index in [-0.39, 0.29) is 11.7 Å². The van der Waals surface area contributed by atoms with E-state index in [0.29, 0.717) is 29.3 Å². The monoisotopic (exact) mass is 426 g/mol. The lowest BCUT2D eigenvalue weighted by molar-refractivity contribution is -0.118. The molecule has 0 aromatic carbocycles. The van der Waals surface area contributed by atoms with E-state index in [1.165, 1.54) is 23.1 Å². The van der Waals surface area contributed by atoms with Gasteiger partial charge in [0.05, 0.1) is 29.1 Å². The molecule has 0 atom stereocenters. The average Bonchev–Trinajstić information content (AvgIpc) is 3.12. The Labute approximate surface area is 174 Å². The quantitative estimate of drug-likeness (QED) is 0.437. The van der Waals surface area contributed by atoms with Gasteiger partial charge in [-0.2, -0.15) is 0 Å². The third kappa shape index (κ3) is 3.73. The molecule has 148 valence electrons. The summed E-state index contributed by atoms with van der Waals surface area (Å²) in [4.78, 5) is 18.2. The van der Waals surface area contributed by atoms with Gasteiger partial charge in [0.15, 0.2) is 11.0 Å². The summed E-state index contributed by atoms with van der Waals surface area (Å²) in [5.41, 5.74) is 7.03. The van der Waals surface area contributed by atoms with E-state index in [4.69, 9.17) is 10.2 Å². The van der Waals surface area contributed by atoms with Crippen LogP contribution < -0.4 is 11.1 Å². The van der Waals surface area contributed by atoms with Crippen molar-refractivity contribution in [3.8, 4) is 10.7 Å². The van der Waals surface area contributed by atoms with Crippen LogP contribution in [0.5, 0.6) is 0 Å². The number of nitrogens with two attached hydrogens (primary N) is 1. The molecule has 10 heteroatoms. The fourth-order valence-electron chi connectivity index (χ4n) is 3.01. The molecule has 4 aromatic heterocycles. The average molecular weight is 427 g/mol. The molecule has 1 fully saturated rings. The molecule has 1 aliphatic rings. The minimum atomic E-state index is 0.0113. The maximum Gasteiger partial charge on any atom is 0.230 e. The number of amides is 1. The van der Waals surface area contributed by atoms with E-state index in [9.17, 15) is 4.79 Å². The molecule has 0 aliphatic heterocycles. The Hall–Kier alpha value is -2.85. The molecule has 8 nitrogen and oxygen atoms in total. The number of nitrogen functional groups attached to an aromatic ring is 1. The minimum Gasteiger partial charge on any atom is -0.467 e. The molecule has 0 spiro atoms. The summed E-state index contributed by atoms with van der Waals surface area (Å²) in [6.45, 7) is 0.447. The highest BCUT2D eigenvalue weighted by Gasteiger charge is 2.25. The van der Waals surface area contributed by atoms with Gasteiger partial charge in [-0.1, -0.05) is 11.8 Å². The summed E-state index contributed by atoms with van der Waals surface area (Å²) in [6, 6.07) is 7.89. The van der Waals surface area contributed by atoms with Crippen molar-refractivity contribution in [2.75, 3.05) is 11.5 Å². The summed E-state index contributed by atoms with van der Waals surface area (Å²) < 4.78 is 7.46. The zero-order valence-corrected chi connectivity index (χ0v) is 17.0. The van der Waals surface area contributed by atoms with Crippen LogP contribution in [0.2, 0.25) is 0 Å². The van der Waals surface area contributed by atoms with E-state index in [1.807, 2.05) is 28.8 Å². The van der Waals surface area contributed by atoms with Crippen LogP contribution in [0.15, 0.2) is 46.3 Å². The molecule has 0 bridgehead atoms. The number of furan rings is 1. The Morgan fingerprint density at radius 2 is 2.24 bits per heavy atom. The van der Waals surface area contributed by atoms with Crippen LogP contribution in [0.1, 0.15) is 18.6 Å². The van der Waals surface area contributed by atoms with Crippen LogP contribution >= 0.6 is 23.1 Å². The summed E-state index contributed by atoms with van der Waals surface area (Å²) in [5.74, 6) is 1.72. The van der Waals surface area contributed by atoms with Crippen molar-refractivity contribution in [2.24, 2.45) is 0 Å². The Bertz CT molecular complexity index is 1160. The summed E-state index contributed by atoms with van der Waals surface area (Å²) in [6.07, 6.45) is 5.51. The Kier molecular flexibility index (Phi) is 4.72. The number of carbonyl (C=O) groups is 1. The number of rotatable bonds is 7. The number of fused-ring (bicyclic) bond motifs is 1. The number of aromatic nitrogens is 4. The van der Waals surface area contributed by atoms with Crippen molar-refractivity contribution >= 4 is 44.9 Å². The molecule has 0 saturated heterocycles. The summed E-state index contributed by atoms with van der Waals surface area (Å²) in [7, 11) is 0. The fraction of sp³-hybridized carbons (Fsp3) is 0.263. The van der Waals surface area contributed by atoms with Crippen molar-refractivity contribution in [3.05, 3.63) is 42.5 Å². The zero-order valence-electron chi connectivity index (χ0n) is 15.4. The molecule has 0 radical (unpaired) electrons. The summed E-state index contributed by atoms with van der Waals surface area (Å²) >= 11 is 2.84. The van der Waals surface area contributed by atoms with Crippen LogP contribution in [0.4, 0.5) is 5.69 Å². The SMILES string of the molecule is Nc1c(-c2nnc(SCC(=O)NC3CC3)n2Cc2ccco2)sc2ncccc12. The first-order valence-electron chi connectivity index (χ1n) is 9.20. The molecule has 1 amide bonds. The van der Waals surface area contributed by atoms with E-state index >= 15 is 0 Å². The molecule has 3 N–H and O–H groups in total. The van der Waals surface area contributed by atoms with Crippen molar-refractivity contribution in [2.45, 2.75) is 30.6 Å². The first-order valence-corrected chi connectivity index (χ1v) is 11.0. The fourth-order valence-corrected chi connectivity index (χ4v) is 4.81. The first-order chi connectivity index (χ1) is 14.2. The number of nitrogens with one attached hydrogen (secondary N) is 1. The molecular formula is C19H18N6O2S2. The van der Waals surface area contributed by atoms with Crippen molar-refractivity contribution in [3.63, 3.8) is 0 Å². The lowest BCUT2D eigenvalue weighted by Crippen LogP contribution is -2.27. The maximum absolute atomic E-state index is 12.1. The number of thiophene rings is 1. The van der Waals surface area contributed by atoms with Crippen molar-refractivity contribution < 1.29 is 9.21 Å². The highest BCUT2D eigenvalue weighted by molar-refractivity contribution is 7.99. The summed E-state index contributed by atoms with van der Waals surface area (Å²) in [5, 5.41) is 13.3. The number of hydrogen-bond donors (Lipinski definition) is 2. The number of pyridine rings is 1. The number of hydrogen-bond acceptors (Lipinski definition) is 8. The van der Waals surface area contributed by atoms with E-state index in [2.05, 4.69) is 20.5 Å². The van der Waals surface area contributed by atoms with E-state index < -0.39 is 0 Å². The lowest BCUT2D eigenvalue weighted by Gasteiger charge is -2.08. The third-order valence-electron chi connectivity index (χ3n) is 4.59. The molecule has 4 heterocycles. The van der Waals surface area contributed by atoms with Crippen LogP contribution in [0.25, 0.3) is 20.9 Å². The van der Waals surface area contributed by atoms with Gasteiger partial charge in [0.25, 0.3) is 0 Å². The van der Waals surface area contributed by atoms with Crippen LogP contribution in [-0.4, -0.2) is 37.5 Å². The van der Waals surface area contributed by atoms with Gasteiger partial charge in [-0.25, -0.2) is 4.98 Å². The maximum atomic E-state index is 12.1. The van der Waals surface area contributed by atoms with Gasteiger partial charge in [0.2, 0.25) is 5.91 Å². The van der Waals surface area contributed by atoms with Crippen molar-refractivity contribution in [1.82, 2.24) is 25.1 Å². The molecule has 29 heavy (non-hydrogen) atoms. The minimum absolute atomic E-state index is 0.0113. The second-order valence-electron chi connectivity index (χ2n) is 6.80. The molecule has 1 saturated carbocycles. The molecule has 0 unspecified atom stereocenters. The standard InChI is InChI=1S/C19H18N6O2S2/c20-15-13-4-1-7-21-18(13)29-16(15)17-23-24-19(25(17)9-12-3-2-8-27-12)28-10-14(26)22-11-5-6-11/h1-4,7-8,11H,5-6,9-10,20H2,(H,22,26). The van der Waals surface area contributed by atoms with Gasteiger partial charge < -0.3 is 15.5 Å². The normalized spacial score (nSPS) is 13.8. The van der Waals surface area contributed by atoms with Crippen LogP contribution in [0, 0.1) is 0 Å².